The molecule has 0 atom stereocenters. The Hall–Kier alpha value is -1.33. The molecule has 5 heteroatoms. The lowest BCUT2D eigenvalue weighted by atomic mass is 10.2. The summed E-state index contributed by atoms with van der Waals surface area (Å²) in [6, 6.07) is 4.32. The van der Waals surface area contributed by atoms with Crippen LogP contribution in [0.5, 0.6) is 0 Å². The third-order valence-electron chi connectivity index (χ3n) is 3.05. The Bertz CT molecular complexity index is 543. The zero-order chi connectivity index (χ0) is 16.0. The van der Waals surface area contributed by atoms with Gasteiger partial charge in [-0.25, -0.2) is 9.98 Å². The monoisotopic (exact) mass is 351 g/mol. The Balaban J connectivity index is 2.91. The lowest BCUT2D eigenvalue weighted by Crippen LogP contribution is -2.25. The second kappa shape index (κ2) is 8.20. The quantitative estimate of drug-likeness (QED) is 0.730. The van der Waals surface area contributed by atoms with Gasteiger partial charge in [0.1, 0.15) is 5.71 Å². The van der Waals surface area contributed by atoms with E-state index in [4.69, 9.17) is 0 Å². The number of carbonyl (C=O) groups excluding carboxylic acids is 1. The summed E-state index contributed by atoms with van der Waals surface area (Å²) < 4.78 is 0.853. The number of ketones is 1. The molecule has 0 N–H and O–H groups in total. The molecule has 4 nitrogen and oxygen atoms in total. The molecule has 0 aromatic carbocycles. The first-order valence-electron chi connectivity index (χ1n) is 6.88. The van der Waals surface area contributed by atoms with Gasteiger partial charge in [-0.2, -0.15) is 0 Å². The molecule has 0 unspecified atom stereocenters. The number of halogens is 1. The van der Waals surface area contributed by atoms with E-state index in [1.54, 1.807) is 12.3 Å². The van der Waals surface area contributed by atoms with E-state index in [0.29, 0.717) is 17.6 Å². The molecule has 0 spiro atoms. The molecule has 0 radical (unpaired) electrons. The summed E-state index contributed by atoms with van der Waals surface area (Å²) in [5.41, 5.74) is 1.52. The predicted molar refractivity (Wildman–Crippen MR) is 91.3 cm³/mol. The molecule has 0 amide bonds. The van der Waals surface area contributed by atoms with Crippen LogP contribution >= 0.6 is 15.9 Å². The Morgan fingerprint density at radius 1 is 1.43 bits per heavy atom. The van der Waals surface area contributed by atoms with Gasteiger partial charge in [-0.05, 0) is 50.0 Å². The fourth-order valence-corrected chi connectivity index (χ4v) is 1.79. The molecule has 0 saturated heterocycles. The van der Waals surface area contributed by atoms with Crippen molar-refractivity contribution in [1.29, 1.82) is 0 Å². The van der Waals surface area contributed by atoms with Gasteiger partial charge < -0.3 is 0 Å². The molecule has 21 heavy (non-hydrogen) atoms. The number of aliphatic imine (C=N–C) groups is 1. The van der Waals surface area contributed by atoms with Crippen LogP contribution in [0.1, 0.15) is 33.3 Å². The molecule has 1 aromatic heterocycles. The molecule has 0 aliphatic heterocycles. The summed E-state index contributed by atoms with van der Waals surface area (Å²) in [5, 5.41) is 0. The average molecular weight is 352 g/mol. The Kier molecular flexibility index (Phi) is 6.92. The minimum absolute atomic E-state index is 0.0841. The molecule has 1 aromatic rings. The molecule has 0 saturated carbocycles. The van der Waals surface area contributed by atoms with Crippen molar-refractivity contribution < 1.29 is 4.79 Å². The molecule has 0 fully saturated rings. The zero-order valence-electron chi connectivity index (χ0n) is 13.2. The van der Waals surface area contributed by atoms with Crippen molar-refractivity contribution in [2.24, 2.45) is 4.99 Å². The third kappa shape index (κ3) is 6.31. The molecule has 1 rings (SSSR count). The van der Waals surface area contributed by atoms with Crippen LogP contribution in [0.4, 0.5) is 5.82 Å². The second-order valence-corrected chi connectivity index (χ2v) is 6.57. The maximum absolute atomic E-state index is 11.5. The van der Waals surface area contributed by atoms with E-state index in [0.717, 1.165) is 16.6 Å². The molecule has 114 valence electrons. The lowest BCUT2D eigenvalue weighted by molar-refractivity contribution is -0.111. The van der Waals surface area contributed by atoms with Crippen molar-refractivity contribution in [2.75, 3.05) is 7.05 Å². The summed E-state index contributed by atoms with van der Waals surface area (Å²) in [7, 11) is 2.08. The van der Waals surface area contributed by atoms with Gasteiger partial charge in [0.05, 0.1) is 0 Å². The predicted octanol–water partition coefficient (Wildman–Crippen LogP) is 3.88. The standard InChI is InChI=1S/C16H22BrN3O/c1-11(2)20(5)10-14-6-7-16(18-9-14)19-15(13(4)21)8-12(3)17/h6-9,11H,10H2,1-5H3/b12-8+,19-15?. The zero-order valence-corrected chi connectivity index (χ0v) is 14.8. The largest absolute Gasteiger partial charge is 0.300 e. The fraction of sp³-hybridized carbons (Fsp3) is 0.438. The van der Waals surface area contributed by atoms with Gasteiger partial charge in [-0.3, -0.25) is 9.69 Å². The van der Waals surface area contributed by atoms with E-state index in [-0.39, 0.29) is 5.78 Å². The summed E-state index contributed by atoms with van der Waals surface area (Å²) in [6.07, 6.45) is 3.50. The number of rotatable bonds is 6. The normalized spacial score (nSPS) is 13.1. The first kappa shape index (κ1) is 17.7. The summed E-state index contributed by atoms with van der Waals surface area (Å²) >= 11 is 3.31. The van der Waals surface area contributed by atoms with Crippen molar-refractivity contribution in [2.45, 2.75) is 40.3 Å². The van der Waals surface area contributed by atoms with E-state index in [1.807, 2.05) is 19.1 Å². The van der Waals surface area contributed by atoms with Crippen LogP contribution in [0.2, 0.25) is 0 Å². The van der Waals surface area contributed by atoms with Crippen LogP contribution in [0, 0.1) is 0 Å². The van der Waals surface area contributed by atoms with Crippen molar-refractivity contribution in [1.82, 2.24) is 9.88 Å². The minimum atomic E-state index is -0.0841. The second-order valence-electron chi connectivity index (χ2n) is 5.32. The van der Waals surface area contributed by atoms with Crippen LogP contribution in [0.3, 0.4) is 0 Å². The summed E-state index contributed by atoms with van der Waals surface area (Å²) in [5.74, 6) is 0.459. The average Bonchev–Trinajstić information content (AvgIpc) is 2.39. The third-order valence-corrected chi connectivity index (χ3v) is 3.28. The number of hydrogen-bond donors (Lipinski definition) is 0. The van der Waals surface area contributed by atoms with Gasteiger partial charge in [0.25, 0.3) is 0 Å². The van der Waals surface area contributed by atoms with Gasteiger partial charge in [0.15, 0.2) is 11.6 Å². The highest BCUT2D eigenvalue weighted by Gasteiger charge is 2.06. The number of pyridine rings is 1. The number of nitrogens with zero attached hydrogens (tertiary/aromatic N) is 3. The lowest BCUT2D eigenvalue weighted by Gasteiger charge is -2.20. The van der Waals surface area contributed by atoms with Crippen LogP contribution in [-0.4, -0.2) is 34.5 Å². The van der Waals surface area contributed by atoms with Crippen molar-refractivity contribution in [3.05, 3.63) is 34.5 Å². The Labute approximate surface area is 135 Å². The first-order valence-corrected chi connectivity index (χ1v) is 7.67. The number of carbonyl (C=O) groups is 1. The maximum atomic E-state index is 11.5. The first-order chi connectivity index (χ1) is 9.79. The van der Waals surface area contributed by atoms with Crippen LogP contribution < -0.4 is 0 Å². The Morgan fingerprint density at radius 3 is 2.52 bits per heavy atom. The fourth-order valence-electron chi connectivity index (χ4n) is 1.57. The topological polar surface area (TPSA) is 45.6 Å². The van der Waals surface area contributed by atoms with Crippen LogP contribution in [0.15, 0.2) is 33.9 Å². The van der Waals surface area contributed by atoms with Crippen molar-refractivity contribution in [3.63, 3.8) is 0 Å². The molecule has 0 bridgehead atoms. The SMILES string of the molecule is CC(=O)C(/C=C(\C)Br)=Nc1ccc(CN(C)C(C)C)cn1. The minimum Gasteiger partial charge on any atom is -0.300 e. The highest BCUT2D eigenvalue weighted by molar-refractivity contribution is 9.11. The van der Waals surface area contributed by atoms with Gasteiger partial charge in [-0.15, -0.1) is 0 Å². The van der Waals surface area contributed by atoms with E-state index < -0.39 is 0 Å². The van der Waals surface area contributed by atoms with E-state index in [9.17, 15) is 4.79 Å². The summed E-state index contributed by atoms with van der Waals surface area (Å²) in [6.45, 7) is 8.50. The molecule has 1 heterocycles. The van der Waals surface area contributed by atoms with Gasteiger partial charge in [0, 0.05) is 25.7 Å². The number of allylic oxidation sites excluding steroid dienone is 2. The van der Waals surface area contributed by atoms with E-state index >= 15 is 0 Å². The smallest absolute Gasteiger partial charge is 0.178 e. The molecular weight excluding hydrogens is 330 g/mol. The van der Waals surface area contributed by atoms with Crippen LogP contribution in [-0.2, 0) is 11.3 Å². The highest BCUT2D eigenvalue weighted by Crippen LogP contribution is 2.13. The number of hydrogen-bond acceptors (Lipinski definition) is 4. The Morgan fingerprint density at radius 2 is 2.10 bits per heavy atom. The van der Waals surface area contributed by atoms with Crippen LogP contribution in [0.25, 0.3) is 0 Å². The molecule has 0 aliphatic rings. The number of Topliss-reactive ketones (excluding diaryl/α,β-unsaturated/α-hetero) is 1. The van der Waals surface area contributed by atoms with Gasteiger partial charge in [0.2, 0.25) is 0 Å². The summed E-state index contributed by atoms with van der Waals surface area (Å²) in [4.78, 5) is 22.4. The van der Waals surface area contributed by atoms with E-state index in [2.05, 4.69) is 51.7 Å². The maximum Gasteiger partial charge on any atom is 0.178 e. The number of aromatic nitrogens is 1. The molecular formula is C16H22BrN3O. The van der Waals surface area contributed by atoms with Gasteiger partial charge >= 0.3 is 0 Å². The van der Waals surface area contributed by atoms with Gasteiger partial charge in [-0.1, -0.05) is 22.0 Å². The van der Waals surface area contributed by atoms with Crippen molar-refractivity contribution >= 4 is 33.2 Å². The van der Waals surface area contributed by atoms with Crippen molar-refractivity contribution in [3.8, 4) is 0 Å². The molecule has 0 aliphatic carbocycles. The highest BCUT2D eigenvalue weighted by atomic mass is 79.9. The van der Waals surface area contributed by atoms with E-state index in [1.165, 1.54) is 6.92 Å².